The fraction of sp³-hybridized carbons (Fsp3) is 0.533. The average Bonchev–Trinajstić information content (AvgIpc) is 2.90. The van der Waals surface area contributed by atoms with E-state index in [0.29, 0.717) is 12.3 Å². The normalized spacial score (nSPS) is 17.6. The van der Waals surface area contributed by atoms with Crippen molar-refractivity contribution >= 4 is 35.8 Å². The lowest BCUT2D eigenvalue weighted by Gasteiger charge is -2.09. The summed E-state index contributed by atoms with van der Waals surface area (Å²) in [5, 5.41) is 6.32. The van der Waals surface area contributed by atoms with Crippen molar-refractivity contribution in [2.75, 3.05) is 24.2 Å². The molecule has 2 N–H and O–H groups in total. The minimum Gasteiger partial charge on any atom is -0.326 e. The van der Waals surface area contributed by atoms with E-state index in [9.17, 15) is 4.79 Å². The van der Waals surface area contributed by atoms with Gasteiger partial charge in [0.1, 0.15) is 0 Å². The maximum absolute atomic E-state index is 11.9. The van der Waals surface area contributed by atoms with Crippen molar-refractivity contribution in [1.29, 1.82) is 0 Å². The van der Waals surface area contributed by atoms with Crippen LogP contribution in [-0.4, -0.2) is 24.7 Å². The first kappa shape index (κ1) is 17.3. The predicted molar refractivity (Wildman–Crippen MR) is 88.9 cm³/mol. The lowest BCUT2D eigenvalue weighted by atomic mass is 10.0. The van der Waals surface area contributed by atoms with Crippen LogP contribution in [0.15, 0.2) is 29.2 Å². The van der Waals surface area contributed by atoms with Crippen molar-refractivity contribution in [1.82, 2.24) is 5.32 Å². The largest absolute Gasteiger partial charge is 0.326 e. The van der Waals surface area contributed by atoms with Gasteiger partial charge in [-0.3, -0.25) is 4.79 Å². The molecule has 1 aliphatic heterocycles. The molecule has 0 radical (unpaired) electrons. The number of hydrogen-bond acceptors (Lipinski definition) is 3. The highest BCUT2D eigenvalue weighted by Crippen LogP contribution is 2.21. The number of nitrogens with one attached hydrogen (secondary N) is 2. The highest BCUT2D eigenvalue weighted by Gasteiger charge is 2.15. The molecule has 1 unspecified atom stereocenters. The van der Waals surface area contributed by atoms with Gasteiger partial charge < -0.3 is 10.6 Å². The van der Waals surface area contributed by atoms with Crippen LogP contribution in [0, 0.1) is 5.92 Å². The fourth-order valence-electron chi connectivity index (χ4n) is 2.35. The Hall–Kier alpha value is -0.710. The highest BCUT2D eigenvalue weighted by molar-refractivity contribution is 7.99. The zero-order chi connectivity index (χ0) is 13.5. The highest BCUT2D eigenvalue weighted by atomic mass is 35.5. The number of anilines is 1. The van der Waals surface area contributed by atoms with Crippen LogP contribution in [0.3, 0.4) is 0 Å². The molecule has 3 nitrogen and oxygen atoms in total. The van der Waals surface area contributed by atoms with Gasteiger partial charge in [-0.2, -0.15) is 0 Å². The summed E-state index contributed by atoms with van der Waals surface area (Å²) < 4.78 is 0. The number of rotatable bonds is 6. The molecule has 2 rings (SSSR count). The molecule has 112 valence electrons. The van der Waals surface area contributed by atoms with E-state index in [1.165, 1.54) is 11.3 Å². The van der Waals surface area contributed by atoms with Gasteiger partial charge in [-0.05, 0) is 55.8 Å². The SMILES string of the molecule is CCSc1cccc(NC(=O)CCC2CCNC2)c1.Cl. The van der Waals surface area contributed by atoms with Crippen LogP contribution in [0.5, 0.6) is 0 Å². The van der Waals surface area contributed by atoms with E-state index in [4.69, 9.17) is 0 Å². The van der Waals surface area contributed by atoms with Crippen molar-refractivity contribution in [3.63, 3.8) is 0 Å². The Balaban J connectivity index is 0.00000200. The maximum Gasteiger partial charge on any atom is 0.224 e. The molecule has 1 fully saturated rings. The van der Waals surface area contributed by atoms with Gasteiger partial charge in [0.2, 0.25) is 5.91 Å². The first-order valence-electron chi connectivity index (χ1n) is 7.01. The molecule has 0 aromatic heterocycles. The van der Waals surface area contributed by atoms with E-state index in [-0.39, 0.29) is 18.3 Å². The van der Waals surface area contributed by atoms with Gasteiger partial charge in [0.15, 0.2) is 0 Å². The van der Waals surface area contributed by atoms with Crippen molar-refractivity contribution in [2.24, 2.45) is 5.92 Å². The lowest BCUT2D eigenvalue weighted by molar-refractivity contribution is -0.116. The molecule has 0 spiro atoms. The lowest BCUT2D eigenvalue weighted by Crippen LogP contribution is -2.15. The summed E-state index contributed by atoms with van der Waals surface area (Å²) >= 11 is 1.79. The number of amides is 1. The van der Waals surface area contributed by atoms with Gasteiger partial charge in [-0.1, -0.05) is 13.0 Å². The van der Waals surface area contributed by atoms with Crippen molar-refractivity contribution in [3.05, 3.63) is 24.3 Å². The minimum absolute atomic E-state index is 0. The molecule has 5 heteroatoms. The van der Waals surface area contributed by atoms with Crippen LogP contribution in [-0.2, 0) is 4.79 Å². The van der Waals surface area contributed by atoms with E-state index in [1.54, 1.807) is 11.8 Å². The number of benzene rings is 1. The summed E-state index contributed by atoms with van der Waals surface area (Å²) in [7, 11) is 0. The third-order valence-electron chi connectivity index (χ3n) is 3.37. The summed E-state index contributed by atoms with van der Waals surface area (Å²) in [5.41, 5.74) is 0.910. The Morgan fingerprint density at radius 2 is 2.35 bits per heavy atom. The Kier molecular flexibility index (Phi) is 8.04. The number of carbonyl (C=O) groups excluding carboxylic acids is 1. The van der Waals surface area contributed by atoms with E-state index in [1.807, 2.05) is 18.2 Å². The van der Waals surface area contributed by atoms with Crippen LogP contribution in [0.4, 0.5) is 5.69 Å². The molecule has 1 aromatic carbocycles. The van der Waals surface area contributed by atoms with Crippen molar-refractivity contribution in [3.8, 4) is 0 Å². The van der Waals surface area contributed by atoms with Crippen LogP contribution in [0.1, 0.15) is 26.2 Å². The summed E-state index contributed by atoms with van der Waals surface area (Å²) in [4.78, 5) is 13.1. The second kappa shape index (κ2) is 9.27. The molecule has 1 aliphatic rings. The summed E-state index contributed by atoms with van der Waals surface area (Å²) in [6, 6.07) is 8.07. The molecule has 1 heterocycles. The molecule has 0 aliphatic carbocycles. The van der Waals surface area contributed by atoms with E-state index < -0.39 is 0 Å². The molecular weight excluding hydrogens is 292 g/mol. The van der Waals surface area contributed by atoms with E-state index >= 15 is 0 Å². The van der Waals surface area contributed by atoms with Crippen LogP contribution < -0.4 is 10.6 Å². The Bertz CT molecular complexity index is 422. The van der Waals surface area contributed by atoms with Crippen molar-refractivity contribution in [2.45, 2.75) is 31.1 Å². The Morgan fingerprint density at radius 1 is 1.50 bits per heavy atom. The first-order chi connectivity index (χ1) is 9.28. The second-order valence-corrected chi connectivity index (χ2v) is 6.24. The topological polar surface area (TPSA) is 41.1 Å². The third-order valence-corrected chi connectivity index (χ3v) is 4.25. The molecule has 1 amide bonds. The van der Waals surface area contributed by atoms with Gasteiger partial charge in [-0.25, -0.2) is 0 Å². The van der Waals surface area contributed by atoms with Gasteiger partial charge in [0, 0.05) is 17.0 Å². The molecule has 1 saturated heterocycles. The zero-order valence-corrected chi connectivity index (χ0v) is 13.5. The standard InChI is InChI=1S/C15H22N2OS.ClH/c1-2-19-14-5-3-4-13(10-14)17-15(18)7-6-12-8-9-16-11-12;/h3-5,10,12,16H,2,6-9,11H2,1H3,(H,17,18);1H. The number of thioether (sulfide) groups is 1. The maximum atomic E-state index is 11.9. The fourth-order valence-corrected chi connectivity index (χ4v) is 3.07. The van der Waals surface area contributed by atoms with E-state index in [0.717, 1.165) is 31.0 Å². The van der Waals surface area contributed by atoms with Gasteiger partial charge in [0.25, 0.3) is 0 Å². The Morgan fingerprint density at radius 3 is 3.05 bits per heavy atom. The second-order valence-electron chi connectivity index (χ2n) is 4.91. The molecule has 1 atom stereocenters. The van der Waals surface area contributed by atoms with Gasteiger partial charge in [0.05, 0.1) is 0 Å². The van der Waals surface area contributed by atoms with Gasteiger partial charge in [-0.15, -0.1) is 24.2 Å². The van der Waals surface area contributed by atoms with Gasteiger partial charge >= 0.3 is 0 Å². The molecule has 1 aromatic rings. The summed E-state index contributed by atoms with van der Waals surface area (Å²) in [6.07, 6.45) is 2.82. The number of halogens is 1. The molecule has 20 heavy (non-hydrogen) atoms. The first-order valence-corrected chi connectivity index (χ1v) is 8.00. The monoisotopic (exact) mass is 314 g/mol. The molecule has 0 saturated carbocycles. The third kappa shape index (κ3) is 5.73. The van der Waals surface area contributed by atoms with Crippen molar-refractivity contribution < 1.29 is 4.79 Å². The average molecular weight is 315 g/mol. The summed E-state index contributed by atoms with van der Waals surface area (Å²) in [5.74, 6) is 1.85. The number of carbonyl (C=O) groups is 1. The quantitative estimate of drug-likeness (QED) is 0.789. The Labute approximate surface area is 131 Å². The minimum atomic E-state index is 0. The predicted octanol–water partition coefficient (Wildman–Crippen LogP) is 3.55. The molecular formula is C15H23ClN2OS. The number of hydrogen-bond donors (Lipinski definition) is 2. The molecule has 0 bridgehead atoms. The van der Waals surface area contributed by atoms with Crippen LogP contribution in [0.2, 0.25) is 0 Å². The van der Waals surface area contributed by atoms with E-state index in [2.05, 4.69) is 23.6 Å². The van der Waals surface area contributed by atoms with Crippen LogP contribution in [0.25, 0.3) is 0 Å². The zero-order valence-electron chi connectivity index (χ0n) is 11.9. The smallest absolute Gasteiger partial charge is 0.224 e. The summed E-state index contributed by atoms with van der Waals surface area (Å²) in [6.45, 7) is 4.30. The van der Waals surface area contributed by atoms with Crippen LogP contribution >= 0.6 is 24.2 Å².